The first-order chi connectivity index (χ1) is 24.2. The minimum Gasteiger partial charge on any atom is -0.412 e. The van der Waals surface area contributed by atoms with E-state index in [1.165, 1.54) is 0 Å². The number of halogens is 2. The molecule has 6 N–H and O–H groups in total. The van der Waals surface area contributed by atoms with Gasteiger partial charge in [0, 0.05) is 73.5 Å². The van der Waals surface area contributed by atoms with Crippen molar-refractivity contribution < 1.29 is 5.48 Å². The molecule has 2 saturated heterocycles. The monoisotopic (exact) mass is 728 g/mol. The van der Waals surface area contributed by atoms with Gasteiger partial charge < -0.3 is 36.5 Å². The van der Waals surface area contributed by atoms with Gasteiger partial charge in [-0.2, -0.15) is 19.9 Å². The maximum Gasteiger partial charge on any atom is 0.224 e. The Morgan fingerprint density at radius 1 is 0.510 bits per heavy atom. The molecule has 2 aliphatic rings. The number of nitrogens with zero attached hydrogens (tertiary/aromatic N) is 12. The van der Waals surface area contributed by atoms with Crippen LogP contribution in [0.3, 0.4) is 0 Å². The van der Waals surface area contributed by atoms with Crippen molar-refractivity contribution in [1.29, 1.82) is 0 Å². The molecule has 2 aromatic carbocycles. The summed E-state index contributed by atoms with van der Waals surface area (Å²) >= 11 is 11.9. The minimum atomic E-state index is 0. The van der Waals surface area contributed by atoms with E-state index in [1.807, 2.05) is 48.5 Å². The Labute approximate surface area is 304 Å². The minimum absolute atomic E-state index is 0. The molecule has 264 valence electrons. The summed E-state index contributed by atoms with van der Waals surface area (Å²) in [5.41, 5.74) is 17.5. The quantitative estimate of drug-likeness (QED) is 0.268. The highest BCUT2D eigenvalue weighted by atomic mass is 35.5. The van der Waals surface area contributed by atoms with Crippen LogP contribution in [0.1, 0.15) is 0 Å². The van der Waals surface area contributed by atoms with Crippen LogP contribution in [0.5, 0.6) is 0 Å². The van der Waals surface area contributed by atoms with Crippen LogP contribution in [0.2, 0.25) is 10.0 Å². The van der Waals surface area contributed by atoms with Gasteiger partial charge in [-0.3, -0.25) is 0 Å². The van der Waals surface area contributed by atoms with Gasteiger partial charge in [-0.1, -0.05) is 47.5 Å². The molecule has 8 rings (SSSR count). The van der Waals surface area contributed by atoms with Gasteiger partial charge in [-0.25, -0.2) is 19.9 Å². The lowest BCUT2D eigenvalue weighted by atomic mass is 10.1. The Hall–Kier alpha value is -5.06. The van der Waals surface area contributed by atoms with E-state index in [4.69, 9.17) is 44.6 Å². The van der Waals surface area contributed by atoms with Crippen LogP contribution in [0.4, 0.5) is 23.5 Å². The van der Waals surface area contributed by atoms with Crippen molar-refractivity contribution in [1.82, 2.24) is 49.7 Å². The molecule has 0 atom stereocenters. The molecule has 2 fully saturated rings. The molecular weight excluding hydrogens is 691 g/mol. The number of likely N-dealkylation sites (N-methyl/N-ethyl adjacent to an activating group) is 2. The third-order valence-corrected chi connectivity index (χ3v) is 9.20. The van der Waals surface area contributed by atoms with Crippen LogP contribution in [-0.2, 0) is 0 Å². The van der Waals surface area contributed by atoms with Crippen molar-refractivity contribution >= 4 is 69.1 Å². The molecule has 6 aromatic rings. The molecule has 15 nitrogen and oxygen atoms in total. The Balaban J connectivity index is 0.000000172. The lowest BCUT2D eigenvalue weighted by molar-refractivity contribution is 0.312. The second-order valence-electron chi connectivity index (χ2n) is 12.3. The summed E-state index contributed by atoms with van der Waals surface area (Å²) in [6, 6.07) is 15.0. The maximum atomic E-state index is 5.97. The van der Waals surface area contributed by atoms with Crippen molar-refractivity contribution in [3.8, 4) is 22.5 Å². The molecule has 0 radical (unpaired) electrons. The van der Waals surface area contributed by atoms with Crippen molar-refractivity contribution in [3.63, 3.8) is 0 Å². The zero-order chi connectivity index (χ0) is 34.8. The van der Waals surface area contributed by atoms with E-state index in [2.05, 4.69) is 63.6 Å². The van der Waals surface area contributed by atoms with E-state index in [-0.39, 0.29) is 17.4 Å². The SMILES string of the molecule is CN1CCN(c2nc(N)nc3ncc(-c4ccc(Cl)cc4)nc23)CC1.CN1CCN(c2nc(N)nc3ncc(-c4ccc(Cl)cc4)nc23)CC1.O. The van der Waals surface area contributed by atoms with Gasteiger partial charge in [-0.05, 0) is 38.4 Å². The summed E-state index contributed by atoms with van der Waals surface area (Å²) < 4.78 is 0. The third-order valence-electron chi connectivity index (χ3n) is 8.70. The Morgan fingerprint density at radius 3 is 1.22 bits per heavy atom. The number of rotatable bonds is 4. The molecule has 51 heavy (non-hydrogen) atoms. The van der Waals surface area contributed by atoms with E-state index in [9.17, 15) is 0 Å². The highest BCUT2D eigenvalue weighted by molar-refractivity contribution is 6.30. The van der Waals surface area contributed by atoms with Crippen molar-refractivity contribution in [3.05, 3.63) is 71.0 Å². The lowest BCUT2D eigenvalue weighted by Gasteiger charge is -2.33. The maximum absolute atomic E-state index is 5.97. The van der Waals surface area contributed by atoms with Gasteiger partial charge in [-0.15, -0.1) is 0 Å². The molecule has 6 heterocycles. The number of piperazine rings is 2. The average molecular weight is 730 g/mol. The third kappa shape index (κ3) is 8.13. The highest BCUT2D eigenvalue weighted by Gasteiger charge is 2.22. The number of fused-ring (bicyclic) bond motifs is 2. The first-order valence-electron chi connectivity index (χ1n) is 16.2. The molecule has 0 unspecified atom stereocenters. The molecule has 4 aromatic heterocycles. The molecular formula is C34H38Cl2N14O. The smallest absolute Gasteiger partial charge is 0.224 e. The highest BCUT2D eigenvalue weighted by Crippen LogP contribution is 2.28. The van der Waals surface area contributed by atoms with E-state index in [1.54, 1.807) is 12.4 Å². The molecule has 0 saturated carbocycles. The number of hydrogen-bond acceptors (Lipinski definition) is 14. The van der Waals surface area contributed by atoms with Crippen LogP contribution in [0, 0.1) is 0 Å². The fourth-order valence-electron chi connectivity index (χ4n) is 5.82. The number of hydrogen-bond donors (Lipinski definition) is 2. The molecule has 0 bridgehead atoms. The summed E-state index contributed by atoms with van der Waals surface area (Å²) in [5, 5.41) is 1.37. The van der Waals surface area contributed by atoms with Crippen LogP contribution in [0.25, 0.3) is 44.8 Å². The lowest BCUT2D eigenvalue weighted by Crippen LogP contribution is -2.45. The Kier molecular flexibility index (Phi) is 10.8. The second-order valence-corrected chi connectivity index (χ2v) is 13.1. The second kappa shape index (κ2) is 15.4. The first kappa shape index (κ1) is 35.8. The summed E-state index contributed by atoms with van der Waals surface area (Å²) in [6.45, 7) is 7.35. The summed E-state index contributed by atoms with van der Waals surface area (Å²) in [5.74, 6) is 1.93. The molecule has 17 heteroatoms. The van der Waals surface area contributed by atoms with Crippen molar-refractivity contribution in [2.45, 2.75) is 0 Å². The van der Waals surface area contributed by atoms with Gasteiger partial charge in [0.15, 0.2) is 34.0 Å². The average Bonchev–Trinajstić information content (AvgIpc) is 3.12. The van der Waals surface area contributed by atoms with E-state index < -0.39 is 0 Å². The predicted molar refractivity (Wildman–Crippen MR) is 203 cm³/mol. The fraction of sp³-hybridized carbons (Fsp3) is 0.294. The number of nitrogens with two attached hydrogens (primary N) is 2. The van der Waals surface area contributed by atoms with Crippen LogP contribution in [0.15, 0.2) is 60.9 Å². The summed E-state index contributed by atoms with van der Waals surface area (Å²) in [4.78, 5) is 44.8. The Morgan fingerprint density at radius 2 is 0.863 bits per heavy atom. The van der Waals surface area contributed by atoms with Crippen molar-refractivity contribution in [2.24, 2.45) is 0 Å². The predicted octanol–water partition coefficient (Wildman–Crippen LogP) is 3.32. The van der Waals surface area contributed by atoms with Gasteiger partial charge in [0.2, 0.25) is 11.9 Å². The van der Waals surface area contributed by atoms with E-state index in [0.717, 1.165) is 86.5 Å². The van der Waals surface area contributed by atoms with Gasteiger partial charge in [0.25, 0.3) is 0 Å². The van der Waals surface area contributed by atoms with Crippen LogP contribution >= 0.6 is 23.2 Å². The molecule has 0 spiro atoms. The number of aromatic nitrogens is 8. The number of benzene rings is 2. The van der Waals surface area contributed by atoms with Crippen molar-refractivity contribution in [2.75, 3.05) is 87.7 Å². The molecule has 0 aliphatic carbocycles. The van der Waals surface area contributed by atoms with Gasteiger partial charge in [0.1, 0.15) is 0 Å². The summed E-state index contributed by atoms with van der Waals surface area (Å²) in [6.07, 6.45) is 3.40. The zero-order valence-electron chi connectivity index (χ0n) is 28.2. The Bertz CT molecular complexity index is 1970. The molecule has 0 amide bonds. The van der Waals surface area contributed by atoms with Gasteiger partial charge in [0.05, 0.1) is 23.8 Å². The standard InChI is InChI=1S/2C17H18ClN7.H2O/c2*1-24-6-8-25(9-7-24)16-14-15(22-17(19)23-16)20-10-13(21-14)11-2-4-12(18)5-3-11;/h2*2-5,10H,6-9H2,1H3,(H2,19,20,22,23);1H2. The topological polar surface area (TPSA) is 200 Å². The van der Waals surface area contributed by atoms with Gasteiger partial charge >= 0.3 is 0 Å². The normalized spacial score (nSPS) is 15.4. The molecule has 2 aliphatic heterocycles. The first-order valence-corrected chi connectivity index (χ1v) is 16.9. The van der Waals surface area contributed by atoms with E-state index in [0.29, 0.717) is 32.4 Å². The zero-order valence-corrected chi connectivity index (χ0v) is 29.7. The number of nitrogen functional groups attached to an aromatic ring is 2. The summed E-state index contributed by atoms with van der Waals surface area (Å²) in [7, 11) is 4.23. The number of anilines is 4. The van der Waals surface area contributed by atoms with Crippen LogP contribution < -0.4 is 21.3 Å². The van der Waals surface area contributed by atoms with E-state index >= 15 is 0 Å². The largest absolute Gasteiger partial charge is 0.412 e. The fourth-order valence-corrected chi connectivity index (χ4v) is 6.07. The van der Waals surface area contributed by atoms with Crippen LogP contribution in [-0.4, -0.2) is 122 Å².